The summed E-state index contributed by atoms with van der Waals surface area (Å²) < 4.78 is 42.6. The minimum Gasteiger partial charge on any atom is -0.467 e. The van der Waals surface area contributed by atoms with Crippen LogP contribution in [0.1, 0.15) is 39.5 Å². The molecule has 1 aromatic rings. The molecule has 22 heavy (non-hydrogen) atoms. The van der Waals surface area contributed by atoms with E-state index in [1.165, 1.54) is 19.1 Å². The fraction of sp³-hybridized carbons (Fsp3) is 0.571. The van der Waals surface area contributed by atoms with E-state index in [0.717, 1.165) is 6.26 Å². The molecule has 0 fully saturated rings. The van der Waals surface area contributed by atoms with Crippen LogP contribution in [0.3, 0.4) is 0 Å². The van der Waals surface area contributed by atoms with Crippen LogP contribution < -0.4 is 5.32 Å². The molecule has 8 heteroatoms. The summed E-state index contributed by atoms with van der Waals surface area (Å²) in [5.74, 6) is -6.05. The van der Waals surface area contributed by atoms with Crippen molar-refractivity contribution in [1.29, 1.82) is 0 Å². The van der Waals surface area contributed by atoms with Crippen LogP contribution >= 0.6 is 0 Å². The van der Waals surface area contributed by atoms with Crippen molar-refractivity contribution in [3.05, 3.63) is 24.2 Å². The van der Waals surface area contributed by atoms with Gasteiger partial charge in [-0.25, -0.2) is 9.59 Å². The normalized spacial score (nSPS) is 13.4. The van der Waals surface area contributed by atoms with Gasteiger partial charge in [0, 0.05) is 0 Å². The number of hydrogen-bond donors (Lipinski definition) is 1. The van der Waals surface area contributed by atoms with Gasteiger partial charge in [-0.3, -0.25) is 0 Å². The Morgan fingerprint density at radius 1 is 1.36 bits per heavy atom. The number of carbonyl (C=O) groups is 2. The van der Waals surface area contributed by atoms with E-state index in [1.807, 2.05) is 5.32 Å². The second-order valence-electron chi connectivity index (χ2n) is 5.44. The monoisotopic (exact) mass is 319 g/mol. The number of rotatable bonds is 5. The second-order valence-corrected chi connectivity index (χ2v) is 5.44. The Hall–Kier alpha value is -2.12. The standard InChI is InChI=1S/C14H19F2NO5/c1-5-20-11(18)14(15,16)10(9-7-6-8-21-9)17-12(19)22-13(2,3)4/h6-8,10H,5H2,1-4H3,(H,17,19)/t10-/m0/s1. The third kappa shape index (κ3) is 4.71. The fourth-order valence-corrected chi connectivity index (χ4v) is 1.57. The topological polar surface area (TPSA) is 77.8 Å². The summed E-state index contributed by atoms with van der Waals surface area (Å²) in [6.07, 6.45) is 0.0539. The molecule has 0 saturated heterocycles. The summed E-state index contributed by atoms with van der Waals surface area (Å²) in [6.45, 7) is 5.93. The first-order chi connectivity index (χ1) is 10.1. The van der Waals surface area contributed by atoms with Gasteiger partial charge < -0.3 is 19.2 Å². The maximum atomic E-state index is 14.2. The summed E-state index contributed by atoms with van der Waals surface area (Å²) in [4.78, 5) is 23.2. The Labute approximate surface area is 126 Å². The predicted molar refractivity (Wildman–Crippen MR) is 72.4 cm³/mol. The van der Waals surface area contributed by atoms with Crippen LogP contribution in [0, 0.1) is 0 Å². The first kappa shape index (κ1) is 17.9. The molecule has 6 nitrogen and oxygen atoms in total. The third-order valence-electron chi connectivity index (χ3n) is 2.40. The molecule has 0 unspecified atom stereocenters. The lowest BCUT2D eigenvalue weighted by molar-refractivity contribution is -0.176. The molecule has 0 aliphatic carbocycles. The second kappa shape index (κ2) is 6.76. The van der Waals surface area contributed by atoms with Crippen LogP contribution in [0.25, 0.3) is 0 Å². The van der Waals surface area contributed by atoms with Gasteiger partial charge in [-0.1, -0.05) is 0 Å². The van der Waals surface area contributed by atoms with Crippen LogP contribution in [-0.2, 0) is 14.3 Å². The molecule has 0 spiro atoms. The fourth-order valence-electron chi connectivity index (χ4n) is 1.57. The highest BCUT2D eigenvalue weighted by atomic mass is 19.3. The maximum Gasteiger partial charge on any atom is 0.408 e. The SMILES string of the molecule is CCOC(=O)C(F)(F)[C@@H](NC(=O)OC(C)(C)C)c1ccco1. The molecule has 0 saturated carbocycles. The van der Waals surface area contributed by atoms with E-state index in [9.17, 15) is 18.4 Å². The number of hydrogen-bond acceptors (Lipinski definition) is 5. The molecule has 124 valence electrons. The van der Waals surface area contributed by atoms with Crippen molar-refractivity contribution in [2.75, 3.05) is 6.61 Å². The minimum atomic E-state index is -4.01. The van der Waals surface area contributed by atoms with Crippen molar-refractivity contribution in [2.45, 2.75) is 45.3 Å². The zero-order valence-corrected chi connectivity index (χ0v) is 12.8. The van der Waals surface area contributed by atoms with Crippen molar-refractivity contribution in [1.82, 2.24) is 5.32 Å². The molecule has 1 heterocycles. The van der Waals surface area contributed by atoms with E-state index in [0.29, 0.717) is 0 Å². The minimum absolute atomic E-state index is 0.217. The Morgan fingerprint density at radius 3 is 2.45 bits per heavy atom. The average Bonchev–Trinajstić information content (AvgIpc) is 2.87. The molecule has 1 aromatic heterocycles. The van der Waals surface area contributed by atoms with Gasteiger partial charge in [0.25, 0.3) is 0 Å². The van der Waals surface area contributed by atoms with Crippen LogP contribution in [0.5, 0.6) is 0 Å². The van der Waals surface area contributed by atoms with Crippen LogP contribution in [0.4, 0.5) is 13.6 Å². The molecule has 0 aliphatic rings. The van der Waals surface area contributed by atoms with Gasteiger partial charge in [0.05, 0.1) is 12.9 Å². The zero-order chi connectivity index (χ0) is 17.0. The molecule has 1 rings (SSSR count). The number of amides is 1. The first-order valence-electron chi connectivity index (χ1n) is 6.66. The van der Waals surface area contributed by atoms with Gasteiger partial charge in [0.2, 0.25) is 0 Å². The summed E-state index contributed by atoms with van der Waals surface area (Å²) in [7, 11) is 0. The van der Waals surface area contributed by atoms with E-state index < -0.39 is 29.6 Å². The largest absolute Gasteiger partial charge is 0.467 e. The highest BCUT2D eigenvalue weighted by Gasteiger charge is 2.52. The lowest BCUT2D eigenvalue weighted by Gasteiger charge is -2.26. The van der Waals surface area contributed by atoms with Crippen LogP contribution in [0.2, 0.25) is 0 Å². The molecule has 0 aliphatic heterocycles. The molecule has 1 N–H and O–H groups in total. The molecular weight excluding hydrogens is 300 g/mol. The number of carbonyl (C=O) groups excluding carboxylic acids is 2. The quantitative estimate of drug-likeness (QED) is 0.844. The average molecular weight is 319 g/mol. The Morgan fingerprint density at radius 2 is 2.00 bits per heavy atom. The van der Waals surface area contributed by atoms with Gasteiger partial charge in [-0.15, -0.1) is 0 Å². The summed E-state index contributed by atoms with van der Waals surface area (Å²) in [6, 6.07) is 0.548. The predicted octanol–water partition coefficient (Wildman–Crippen LogP) is 3.04. The number of nitrogens with one attached hydrogen (secondary N) is 1. The van der Waals surface area contributed by atoms with Crippen molar-refractivity contribution >= 4 is 12.1 Å². The van der Waals surface area contributed by atoms with Crippen molar-refractivity contribution < 1.29 is 32.3 Å². The van der Waals surface area contributed by atoms with Gasteiger partial charge in [-0.05, 0) is 39.8 Å². The van der Waals surface area contributed by atoms with Crippen molar-refractivity contribution in [2.24, 2.45) is 0 Å². The highest BCUT2D eigenvalue weighted by molar-refractivity contribution is 5.80. The molecule has 0 bridgehead atoms. The first-order valence-corrected chi connectivity index (χ1v) is 6.66. The van der Waals surface area contributed by atoms with E-state index in [-0.39, 0.29) is 12.4 Å². The van der Waals surface area contributed by atoms with Gasteiger partial charge in [-0.2, -0.15) is 8.78 Å². The molecule has 0 aromatic carbocycles. The number of esters is 1. The Bertz CT molecular complexity index is 508. The number of ether oxygens (including phenoxy) is 2. The number of alkyl carbamates (subject to hydrolysis) is 1. The van der Waals surface area contributed by atoms with Gasteiger partial charge in [0.15, 0.2) is 6.04 Å². The summed E-state index contributed by atoms with van der Waals surface area (Å²) >= 11 is 0. The van der Waals surface area contributed by atoms with E-state index in [2.05, 4.69) is 4.74 Å². The lowest BCUT2D eigenvalue weighted by atomic mass is 10.1. The van der Waals surface area contributed by atoms with E-state index >= 15 is 0 Å². The number of halogens is 2. The van der Waals surface area contributed by atoms with Crippen LogP contribution in [0.15, 0.2) is 22.8 Å². The third-order valence-corrected chi connectivity index (χ3v) is 2.40. The molecule has 1 amide bonds. The maximum absolute atomic E-state index is 14.2. The van der Waals surface area contributed by atoms with Gasteiger partial charge in [0.1, 0.15) is 11.4 Å². The zero-order valence-electron chi connectivity index (χ0n) is 12.8. The number of alkyl halides is 2. The Kier molecular flexibility index (Phi) is 5.51. The van der Waals surface area contributed by atoms with Gasteiger partial charge >= 0.3 is 18.0 Å². The van der Waals surface area contributed by atoms with Crippen LogP contribution in [-0.4, -0.2) is 30.2 Å². The molecule has 0 radical (unpaired) electrons. The Balaban J connectivity index is 3.00. The highest BCUT2D eigenvalue weighted by Crippen LogP contribution is 2.33. The van der Waals surface area contributed by atoms with E-state index in [1.54, 1.807) is 20.8 Å². The number of furan rings is 1. The smallest absolute Gasteiger partial charge is 0.408 e. The van der Waals surface area contributed by atoms with E-state index in [4.69, 9.17) is 9.15 Å². The summed E-state index contributed by atoms with van der Waals surface area (Å²) in [5.41, 5.74) is -0.878. The molecular formula is C14H19F2NO5. The van der Waals surface area contributed by atoms with Crippen molar-refractivity contribution in [3.8, 4) is 0 Å². The summed E-state index contributed by atoms with van der Waals surface area (Å²) in [5, 5.41) is 1.95. The molecule has 1 atom stereocenters. The lowest BCUT2D eigenvalue weighted by Crippen LogP contribution is -2.47. The van der Waals surface area contributed by atoms with Crippen molar-refractivity contribution in [3.63, 3.8) is 0 Å².